The first-order valence-corrected chi connectivity index (χ1v) is 4.19. The number of halogens is 4. The lowest BCUT2D eigenvalue weighted by atomic mass is 10.2. The zero-order valence-corrected chi connectivity index (χ0v) is 7.42. The van der Waals surface area contributed by atoms with E-state index >= 15 is 0 Å². The molecule has 1 nitrogen and oxygen atoms in total. The van der Waals surface area contributed by atoms with Gasteiger partial charge in [0.05, 0.1) is 5.56 Å². The van der Waals surface area contributed by atoms with Crippen molar-refractivity contribution in [2.45, 2.75) is 10.4 Å². The Morgan fingerprint density at radius 3 is 2.43 bits per heavy atom. The molecule has 0 N–H and O–H groups in total. The normalized spacial score (nSPS) is 11.1. The summed E-state index contributed by atoms with van der Waals surface area (Å²) in [6.07, 6.45) is 0. The maximum Gasteiger partial charge on any atom is 0.446 e. The molecule has 0 saturated heterocycles. The number of rotatable bonds is 1. The van der Waals surface area contributed by atoms with Crippen LogP contribution in [0.25, 0.3) is 0 Å². The molecular weight excluding hydrogens is 218 g/mol. The van der Waals surface area contributed by atoms with Gasteiger partial charge in [0, 0.05) is 4.90 Å². The summed E-state index contributed by atoms with van der Waals surface area (Å²) in [5.41, 5.74) is -4.70. The summed E-state index contributed by atoms with van der Waals surface area (Å²) < 4.78 is 48.3. The van der Waals surface area contributed by atoms with Gasteiger partial charge in [-0.25, -0.2) is 4.39 Å². The van der Waals surface area contributed by atoms with E-state index in [1.54, 1.807) is 6.07 Å². The molecule has 0 radical (unpaired) electrons. The summed E-state index contributed by atoms with van der Waals surface area (Å²) in [5, 5.41) is 8.45. The lowest BCUT2D eigenvalue weighted by molar-refractivity contribution is -0.0328. The summed E-state index contributed by atoms with van der Waals surface area (Å²) in [4.78, 5) is -0.417. The molecule has 1 aromatic rings. The van der Waals surface area contributed by atoms with Crippen LogP contribution in [0.2, 0.25) is 0 Å². The Bertz CT molecular complexity index is 380. The standard InChI is InChI=1S/C8H3F4NS/c9-6-2-1-5(4-13)7(3-6)14-8(10,11)12/h1-3H. The van der Waals surface area contributed by atoms with Gasteiger partial charge in [-0.15, -0.1) is 0 Å². The van der Waals surface area contributed by atoms with Gasteiger partial charge in [-0.2, -0.15) is 18.4 Å². The predicted molar refractivity (Wildman–Crippen MR) is 43.0 cm³/mol. The Kier molecular flexibility index (Phi) is 3.01. The molecule has 0 heterocycles. The lowest BCUT2D eigenvalue weighted by Crippen LogP contribution is -2.00. The first-order valence-electron chi connectivity index (χ1n) is 3.38. The molecule has 0 aliphatic heterocycles. The number of thioether (sulfide) groups is 1. The molecule has 14 heavy (non-hydrogen) atoms. The minimum absolute atomic E-state index is 0.186. The monoisotopic (exact) mass is 221 g/mol. The minimum atomic E-state index is -4.51. The topological polar surface area (TPSA) is 23.8 Å². The van der Waals surface area contributed by atoms with Crippen LogP contribution in [0.3, 0.4) is 0 Å². The molecular formula is C8H3F4NS. The molecule has 0 atom stereocenters. The third kappa shape index (κ3) is 2.92. The largest absolute Gasteiger partial charge is 0.446 e. The molecule has 1 aromatic carbocycles. The average Bonchev–Trinajstić information content (AvgIpc) is 2.01. The van der Waals surface area contributed by atoms with Crippen molar-refractivity contribution in [1.29, 1.82) is 5.26 Å². The summed E-state index contributed by atoms with van der Waals surface area (Å²) in [5.74, 6) is -0.796. The van der Waals surface area contributed by atoms with Gasteiger partial charge in [0.15, 0.2) is 0 Å². The molecule has 0 spiro atoms. The van der Waals surface area contributed by atoms with Crippen molar-refractivity contribution >= 4 is 11.8 Å². The Labute approximate surface area is 81.3 Å². The second kappa shape index (κ2) is 3.88. The van der Waals surface area contributed by atoms with Crippen LogP contribution in [0.1, 0.15) is 5.56 Å². The average molecular weight is 221 g/mol. The highest BCUT2D eigenvalue weighted by Gasteiger charge is 2.30. The summed E-state index contributed by atoms with van der Waals surface area (Å²) in [7, 11) is 0. The number of nitriles is 1. The van der Waals surface area contributed by atoms with Crippen molar-refractivity contribution in [2.75, 3.05) is 0 Å². The first-order chi connectivity index (χ1) is 6.42. The number of hydrogen-bond acceptors (Lipinski definition) is 2. The zero-order valence-electron chi connectivity index (χ0n) is 6.60. The van der Waals surface area contributed by atoms with E-state index in [1.807, 2.05) is 0 Å². The molecule has 0 aliphatic rings. The van der Waals surface area contributed by atoms with Crippen LogP contribution in [0, 0.1) is 17.1 Å². The molecule has 0 saturated carbocycles. The van der Waals surface area contributed by atoms with E-state index in [4.69, 9.17) is 5.26 Å². The van der Waals surface area contributed by atoms with E-state index in [0.29, 0.717) is 6.07 Å². The number of alkyl halides is 3. The van der Waals surface area contributed by atoms with Crippen LogP contribution >= 0.6 is 11.8 Å². The SMILES string of the molecule is N#Cc1ccc(F)cc1SC(F)(F)F. The van der Waals surface area contributed by atoms with Crippen LogP contribution in [0.4, 0.5) is 17.6 Å². The van der Waals surface area contributed by atoms with E-state index in [2.05, 4.69) is 0 Å². The van der Waals surface area contributed by atoms with Gasteiger partial charge in [0.2, 0.25) is 0 Å². The van der Waals surface area contributed by atoms with Gasteiger partial charge in [0.25, 0.3) is 0 Å². The molecule has 0 bridgehead atoms. The van der Waals surface area contributed by atoms with Crippen molar-refractivity contribution in [2.24, 2.45) is 0 Å². The predicted octanol–water partition coefficient (Wildman–Crippen LogP) is 3.31. The fourth-order valence-electron chi connectivity index (χ4n) is 0.798. The van der Waals surface area contributed by atoms with Gasteiger partial charge in [-0.05, 0) is 30.0 Å². The molecule has 74 valence electrons. The second-order valence-electron chi connectivity index (χ2n) is 2.30. The molecule has 6 heteroatoms. The van der Waals surface area contributed by atoms with Gasteiger partial charge >= 0.3 is 5.51 Å². The van der Waals surface area contributed by atoms with Crippen LogP contribution < -0.4 is 0 Å². The van der Waals surface area contributed by atoms with Crippen molar-refractivity contribution in [3.8, 4) is 6.07 Å². The Morgan fingerprint density at radius 1 is 1.29 bits per heavy atom. The van der Waals surface area contributed by atoms with Crippen molar-refractivity contribution in [3.63, 3.8) is 0 Å². The summed E-state index contributed by atoms with van der Waals surface area (Å²) in [6.45, 7) is 0. The molecule has 0 aliphatic carbocycles. The third-order valence-electron chi connectivity index (χ3n) is 1.29. The quantitative estimate of drug-likeness (QED) is 0.536. The van der Waals surface area contributed by atoms with E-state index < -0.39 is 28.0 Å². The van der Waals surface area contributed by atoms with E-state index in [9.17, 15) is 17.6 Å². The number of hydrogen-bond donors (Lipinski definition) is 0. The van der Waals surface area contributed by atoms with Crippen molar-refractivity contribution < 1.29 is 17.6 Å². The fourth-order valence-corrected chi connectivity index (χ4v) is 1.44. The highest BCUT2D eigenvalue weighted by atomic mass is 32.2. The maximum absolute atomic E-state index is 12.6. The first kappa shape index (κ1) is 10.9. The lowest BCUT2D eigenvalue weighted by Gasteiger charge is -2.06. The summed E-state index contributed by atoms with van der Waals surface area (Å²) >= 11 is -0.496. The Balaban J connectivity index is 3.07. The van der Waals surface area contributed by atoms with Crippen LogP contribution in [0.5, 0.6) is 0 Å². The molecule has 0 unspecified atom stereocenters. The minimum Gasteiger partial charge on any atom is -0.207 e. The number of nitrogens with zero attached hydrogens (tertiary/aromatic N) is 1. The van der Waals surface area contributed by atoms with Gasteiger partial charge in [0.1, 0.15) is 11.9 Å². The second-order valence-corrected chi connectivity index (χ2v) is 3.41. The van der Waals surface area contributed by atoms with Gasteiger partial charge < -0.3 is 0 Å². The third-order valence-corrected chi connectivity index (χ3v) is 2.08. The number of benzene rings is 1. The van der Waals surface area contributed by atoms with Crippen LogP contribution in [-0.2, 0) is 0 Å². The smallest absolute Gasteiger partial charge is 0.207 e. The van der Waals surface area contributed by atoms with Gasteiger partial charge in [-0.1, -0.05) is 0 Å². The maximum atomic E-state index is 12.6. The van der Waals surface area contributed by atoms with E-state index in [0.717, 1.165) is 12.1 Å². The molecule has 0 amide bonds. The molecule has 0 fully saturated rings. The Hall–Kier alpha value is -1.22. The Morgan fingerprint density at radius 2 is 1.93 bits per heavy atom. The van der Waals surface area contributed by atoms with Crippen molar-refractivity contribution in [1.82, 2.24) is 0 Å². The summed E-state index contributed by atoms with van der Waals surface area (Å²) in [6, 6.07) is 4.21. The highest BCUT2D eigenvalue weighted by molar-refractivity contribution is 8.00. The highest BCUT2D eigenvalue weighted by Crippen LogP contribution is 2.38. The molecule has 1 rings (SSSR count). The molecule has 0 aromatic heterocycles. The van der Waals surface area contributed by atoms with E-state index in [1.165, 1.54) is 0 Å². The van der Waals surface area contributed by atoms with Crippen LogP contribution in [0.15, 0.2) is 23.1 Å². The van der Waals surface area contributed by atoms with Crippen LogP contribution in [-0.4, -0.2) is 5.51 Å². The van der Waals surface area contributed by atoms with Crippen molar-refractivity contribution in [3.05, 3.63) is 29.6 Å². The van der Waals surface area contributed by atoms with E-state index in [-0.39, 0.29) is 5.56 Å². The zero-order chi connectivity index (χ0) is 10.8. The fraction of sp³-hybridized carbons (Fsp3) is 0.125. The van der Waals surface area contributed by atoms with Gasteiger partial charge in [-0.3, -0.25) is 0 Å².